The Morgan fingerprint density at radius 3 is 2.77 bits per heavy atom. The lowest BCUT2D eigenvalue weighted by Gasteiger charge is -2.07. The van der Waals surface area contributed by atoms with Gasteiger partial charge in [0.25, 0.3) is 0 Å². The molecule has 0 saturated heterocycles. The Hall–Kier alpha value is -2.67. The van der Waals surface area contributed by atoms with E-state index in [1.54, 1.807) is 19.9 Å². The minimum Gasteiger partial charge on any atom is -0.493 e. The SMILES string of the molecule is CCCOc1ccccc1C=CC(=O)Nc1nc(C)c(C(=O)OCC)s1. The third-order valence-corrected chi connectivity index (χ3v) is 4.34. The van der Waals surface area contributed by atoms with Crippen molar-refractivity contribution in [3.05, 3.63) is 46.5 Å². The molecule has 6 nitrogen and oxygen atoms in total. The van der Waals surface area contributed by atoms with Crippen LogP contribution in [0.2, 0.25) is 0 Å². The molecule has 2 rings (SSSR count). The predicted molar refractivity (Wildman–Crippen MR) is 103 cm³/mol. The molecule has 1 N–H and O–H groups in total. The van der Waals surface area contributed by atoms with E-state index in [1.807, 2.05) is 31.2 Å². The summed E-state index contributed by atoms with van der Waals surface area (Å²) in [6, 6.07) is 7.51. The lowest BCUT2D eigenvalue weighted by Crippen LogP contribution is -2.07. The topological polar surface area (TPSA) is 77.5 Å². The van der Waals surface area contributed by atoms with E-state index in [9.17, 15) is 9.59 Å². The number of carbonyl (C=O) groups is 2. The molecular weight excluding hydrogens is 352 g/mol. The van der Waals surface area contributed by atoms with Gasteiger partial charge in [-0.15, -0.1) is 0 Å². The molecule has 0 aliphatic heterocycles. The first-order valence-electron chi connectivity index (χ1n) is 8.40. The molecule has 0 radical (unpaired) electrons. The average molecular weight is 374 g/mol. The number of hydrogen-bond donors (Lipinski definition) is 1. The van der Waals surface area contributed by atoms with Gasteiger partial charge in [-0.25, -0.2) is 9.78 Å². The Balaban J connectivity index is 2.04. The molecule has 0 unspecified atom stereocenters. The first-order chi connectivity index (χ1) is 12.5. The Kier molecular flexibility index (Phi) is 7.35. The van der Waals surface area contributed by atoms with Crippen LogP contribution in [0.1, 0.15) is 41.2 Å². The monoisotopic (exact) mass is 374 g/mol. The fourth-order valence-electron chi connectivity index (χ4n) is 2.11. The van der Waals surface area contributed by atoms with Gasteiger partial charge >= 0.3 is 5.97 Å². The van der Waals surface area contributed by atoms with Crippen LogP contribution in [0.5, 0.6) is 5.75 Å². The summed E-state index contributed by atoms with van der Waals surface area (Å²) >= 11 is 1.10. The summed E-state index contributed by atoms with van der Waals surface area (Å²) in [4.78, 5) is 28.5. The third-order valence-electron chi connectivity index (χ3n) is 3.28. The standard InChI is InChI=1S/C19H22N2O4S/c1-4-12-25-15-9-7-6-8-14(15)10-11-16(22)21-19-20-13(3)17(26-19)18(23)24-5-2/h6-11H,4-5,12H2,1-3H3,(H,20,21,22). The lowest BCUT2D eigenvalue weighted by molar-refractivity contribution is -0.111. The summed E-state index contributed by atoms with van der Waals surface area (Å²) in [5, 5.41) is 3.02. The second kappa shape index (κ2) is 9.72. The summed E-state index contributed by atoms with van der Waals surface area (Å²) in [6.07, 6.45) is 4.01. The molecule has 7 heteroatoms. The zero-order valence-electron chi connectivity index (χ0n) is 15.1. The van der Waals surface area contributed by atoms with Gasteiger partial charge < -0.3 is 9.47 Å². The van der Waals surface area contributed by atoms with Crippen molar-refractivity contribution in [2.75, 3.05) is 18.5 Å². The number of benzene rings is 1. The number of rotatable bonds is 8. The van der Waals surface area contributed by atoms with E-state index < -0.39 is 5.97 Å². The van der Waals surface area contributed by atoms with Crippen molar-refractivity contribution >= 4 is 34.4 Å². The number of nitrogens with one attached hydrogen (secondary N) is 1. The van der Waals surface area contributed by atoms with E-state index in [0.29, 0.717) is 28.9 Å². The molecule has 26 heavy (non-hydrogen) atoms. The van der Waals surface area contributed by atoms with Crippen LogP contribution in [0.4, 0.5) is 5.13 Å². The summed E-state index contributed by atoms with van der Waals surface area (Å²) < 4.78 is 10.6. The number of nitrogens with zero attached hydrogens (tertiary/aromatic N) is 1. The smallest absolute Gasteiger partial charge is 0.350 e. The number of para-hydroxylation sites is 1. The van der Waals surface area contributed by atoms with Gasteiger partial charge in [-0.2, -0.15) is 0 Å². The molecule has 138 valence electrons. The zero-order chi connectivity index (χ0) is 18.9. The fraction of sp³-hybridized carbons (Fsp3) is 0.316. The van der Waals surface area contributed by atoms with Crippen molar-refractivity contribution in [2.45, 2.75) is 27.2 Å². The number of esters is 1. The van der Waals surface area contributed by atoms with Crippen LogP contribution in [0.15, 0.2) is 30.3 Å². The second-order valence-corrected chi connectivity index (χ2v) is 6.36. The molecule has 1 heterocycles. The zero-order valence-corrected chi connectivity index (χ0v) is 15.9. The van der Waals surface area contributed by atoms with E-state index in [4.69, 9.17) is 9.47 Å². The Bertz CT molecular complexity index is 799. The van der Waals surface area contributed by atoms with Crippen molar-refractivity contribution in [2.24, 2.45) is 0 Å². The fourth-order valence-corrected chi connectivity index (χ4v) is 2.97. The van der Waals surface area contributed by atoms with Crippen LogP contribution >= 0.6 is 11.3 Å². The van der Waals surface area contributed by atoms with Crippen molar-refractivity contribution in [3.8, 4) is 5.75 Å². The summed E-state index contributed by atoms with van der Waals surface area (Å²) in [5.41, 5.74) is 1.35. The number of aromatic nitrogens is 1. The molecule has 1 amide bonds. The van der Waals surface area contributed by atoms with Crippen LogP contribution < -0.4 is 10.1 Å². The molecule has 2 aromatic rings. The van der Waals surface area contributed by atoms with Crippen molar-refractivity contribution in [1.29, 1.82) is 0 Å². The number of hydrogen-bond acceptors (Lipinski definition) is 6. The summed E-state index contributed by atoms with van der Waals surface area (Å²) in [7, 11) is 0. The number of amides is 1. The number of aryl methyl sites for hydroxylation is 1. The van der Waals surface area contributed by atoms with Gasteiger partial charge in [-0.3, -0.25) is 10.1 Å². The Morgan fingerprint density at radius 1 is 1.27 bits per heavy atom. The lowest BCUT2D eigenvalue weighted by atomic mass is 10.2. The van der Waals surface area contributed by atoms with Crippen LogP contribution in [0.3, 0.4) is 0 Å². The van der Waals surface area contributed by atoms with Crippen molar-refractivity contribution < 1.29 is 19.1 Å². The highest BCUT2D eigenvalue weighted by Crippen LogP contribution is 2.24. The van der Waals surface area contributed by atoms with Gasteiger partial charge in [0.05, 0.1) is 18.9 Å². The van der Waals surface area contributed by atoms with Gasteiger partial charge in [0.1, 0.15) is 10.6 Å². The van der Waals surface area contributed by atoms with Crippen LogP contribution in [0.25, 0.3) is 6.08 Å². The Morgan fingerprint density at radius 2 is 2.04 bits per heavy atom. The average Bonchev–Trinajstić information content (AvgIpc) is 2.99. The van der Waals surface area contributed by atoms with Gasteiger partial charge in [-0.1, -0.05) is 36.5 Å². The predicted octanol–water partition coefficient (Wildman–Crippen LogP) is 4.07. The minimum absolute atomic E-state index is 0.292. The maximum Gasteiger partial charge on any atom is 0.350 e. The molecule has 0 aliphatic carbocycles. The molecule has 1 aromatic heterocycles. The number of carbonyl (C=O) groups excluding carboxylic acids is 2. The highest BCUT2D eigenvalue weighted by molar-refractivity contribution is 7.17. The van der Waals surface area contributed by atoms with Gasteiger partial charge in [-0.05, 0) is 32.4 Å². The molecule has 0 aliphatic rings. The van der Waals surface area contributed by atoms with E-state index in [2.05, 4.69) is 10.3 Å². The van der Waals surface area contributed by atoms with Crippen LogP contribution in [0, 0.1) is 6.92 Å². The maximum absolute atomic E-state index is 12.1. The summed E-state index contributed by atoms with van der Waals surface area (Å²) in [5.74, 6) is -0.0342. The van der Waals surface area contributed by atoms with Crippen molar-refractivity contribution in [3.63, 3.8) is 0 Å². The first kappa shape index (κ1) is 19.7. The molecular formula is C19H22N2O4S. The molecule has 1 aromatic carbocycles. The first-order valence-corrected chi connectivity index (χ1v) is 9.22. The maximum atomic E-state index is 12.1. The normalized spacial score (nSPS) is 10.7. The van der Waals surface area contributed by atoms with E-state index in [-0.39, 0.29) is 5.91 Å². The summed E-state index contributed by atoms with van der Waals surface area (Å²) in [6.45, 7) is 6.39. The van der Waals surface area contributed by atoms with Crippen molar-refractivity contribution in [1.82, 2.24) is 4.98 Å². The second-order valence-electron chi connectivity index (χ2n) is 5.36. The highest BCUT2D eigenvalue weighted by atomic mass is 32.1. The highest BCUT2D eigenvalue weighted by Gasteiger charge is 2.17. The van der Waals surface area contributed by atoms with Gasteiger partial charge in [0.2, 0.25) is 5.91 Å². The third kappa shape index (κ3) is 5.42. The molecule has 0 bridgehead atoms. The van der Waals surface area contributed by atoms with Crippen LogP contribution in [-0.2, 0) is 9.53 Å². The quantitative estimate of drug-likeness (QED) is 0.557. The van der Waals surface area contributed by atoms with Gasteiger partial charge in [0, 0.05) is 11.6 Å². The Labute approximate surface area is 156 Å². The largest absolute Gasteiger partial charge is 0.493 e. The molecule has 0 spiro atoms. The van der Waals surface area contributed by atoms with E-state index in [1.165, 1.54) is 6.08 Å². The van der Waals surface area contributed by atoms with Crippen LogP contribution in [-0.4, -0.2) is 30.1 Å². The molecule has 0 fully saturated rings. The number of anilines is 1. The van der Waals surface area contributed by atoms with E-state index >= 15 is 0 Å². The van der Waals surface area contributed by atoms with Gasteiger partial charge in [0.15, 0.2) is 5.13 Å². The number of ether oxygens (including phenoxy) is 2. The van der Waals surface area contributed by atoms with E-state index in [0.717, 1.165) is 29.1 Å². The minimum atomic E-state index is -0.430. The molecule has 0 saturated carbocycles. The number of thiazole rings is 1. The molecule has 0 atom stereocenters.